The van der Waals surface area contributed by atoms with Gasteiger partial charge in [0.15, 0.2) is 12.7 Å². The molecule has 2 amide bonds. The van der Waals surface area contributed by atoms with Gasteiger partial charge in [-0.1, -0.05) is 48.5 Å². The lowest BCUT2D eigenvalue weighted by Crippen LogP contribution is -2.36. The van der Waals surface area contributed by atoms with Crippen molar-refractivity contribution in [1.82, 2.24) is 5.32 Å². The van der Waals surface area contributed by atoms with Crippen LogP contribution in [0.3, 0.4) is 0 Å². The molecule has 0 saturated carbocycles. The molecule has 142 valence electrons. The first kappa shape index (κ1) is 20.1. The molecule has 7 heteroatoms. The van der Waals surface area contributed by atoms with E-state index in [4.69, 9.17) is 4.74 Å². The molecular weight excluding hydrogens is 348 g/mol. The number of hydrogen-bond acceptors (Lipinski definition) is 5. The van der Waals surface area contributed by atoms with E-state index in [0.717, 1.165) is 11.1 Å². The Labute approximate surface area is 157 Å². The lowest BCUT2D eigenvalue weighted by molar-refractivity contribution is -0.157. The standard InChI is InChI=1S/C20H22N2O5/c1-13-7-6-8-14(2)18(13)22-16(23)11-21-17(24)12-27-20(26)19(25)15-9-4-3-5-10-15/h3-10,19,25H,11-12H2,1-2H3,(H,21,24)(H,22,23)/t19-/m1/s1. The van der Waals surface area contributed by atoms with Crippen molar-refractivity contribution in [3.05, 3.63) is 65.2 Å². The highest BCUT2D eigenvalue weighted by Crippen LogP contribution is 2.19. The lowest BCUT2D eigenvalue weighted by atomic mass is 10.1. The lowest BCUT2D eigenvalue weighted by Gasteiger charge is -2.13. The maximum absolute atomic E-state index is 12.0. The Kier molecular flexibility index (Phi) is 7.08. The SMILES string of the molecule is Cc1cccc(C)c1NC(=O)CNC(=O)COC(=O)[C@H](O)c1ccccc1. The van der Waals surface area contributed by atoms with E-state index in [1.54, 1.807) is 30.3 Å². The fraction of sp³-hybridized carbons (Fsp3) is 0.250. The Balaban J connectivity index is 1.76. The van der Waals surface area contributed by atoms with E-state index in [-0.39, 0.29) is 6.54 Å². The van der Waals surface area contributed by atoms with Gasteiger partial charge in [-0.2, -0.15) is 0 Å². The molecule has 0 unspecified atom stereocenters. The summed E-state index contributed by atoms with van der Waals surface area (Å²) < 4.78 is 4.78. The van der Waals surface area contributed by atoms with E-state index in [0.29, 0.717) is 11.3 Å². The molecule has 0 aromatic heterocycles. The first-order chi connectivity index (χ1) is 12.9. The molecule has 2 aromatic rings. The Hall–Kier alpha value is -3.19. The smallest absolute Gasteiger partial charge is 0.340 e. The topological polar surface area (TPSA) is 105 Å². The minimum absolute atomic E-state index is 0.259. The molecule has 0 fully saturated rings. The van der Waals surface area contributed by atoms with Crippen LogP contribution >= 0.6 is 0 Å². The van der Waals surface area contributed by atoms with E-state index >= 15 is 0 Å². The van der Waals surface area contributed by atoms with Crippen LogP contribution in [0.2, 0.25) is 0 Å². The monoisotopic (exact) mass is 370 g/mol. The molecule has 0 aliphatic carbocycles. The highest BCUT2D eigenvalue weighted by atomic mass is 16.5. The van der Waals surface area contributed by atoms with Crippen LogP contribution in [0.15, 0.2) is 48.5 Å². The van der Waals surface area contributed by atoms with Gasteiger partial charge in [0.05, 0.1) is 6.54 Å². The molecule has 0 saturated heterocycles. The largest absolute Gasteiger partial charge is 0.453 e. The van der Waals surface area contributed by atoms with Crippen LogP contribution in [0.25, 0.3) is 0 Å². The number of benzene rings is 2. The van der Waals surface area contributed by atoms with Gasteiger partial charge < -0.3 is 20.5 Å². The number of amides is 2. The van der Waals surface area contributed by atoms with E-state index in [1.165, 1.54) is 0 Å². The van der Waals surface area contributed by atoms with E-state index < -0.39 is 30.5 Å². The molecule has 2 rings (SSSR count). The molecular formula is C20H22N2O5. The van der Waals surface area contributed by atoms with Gasteiger partial charge in [0.25, 0.3) is 5.91 Å². The van der Waals surface area contributed by atoms with E-state index in [1.807, 2.05) is 32.0 Å². The van der Waals surface area contributed by atoms with Gasteiger partial charge in [-0.05, 0) is 30.5 Å². The Morgan fingerprint density at radius 2 is 1.59 bits per heavy atom. The first-order valence-electron chi connectivity index (χ1n) is 8.41. The van der Waals surface area contributed by atoms with Crippen LogP contribution in [0.1, 0.15) is 22.8 Å². The zero-order valence-corrected chi connectivity index (χ0v) is 15.2. The van der Waals surface area contributed by atoms with Gasteiger partial charge in [-0.3, -0.25) is 9.59 Å². The normalized spacial score (nSPS) is 11.4. The number of nitrogens with one attached hydrogen (secondary N) is 2. The summed E-state index contributed by atoms with van der Waals surface area (Å²) in [6.07, 6.45) is -1.47. The van der Waals surface area contributed by atoms with Crippen molar-refractivity contribution in [3.8, 4) is 0 Å². The fourth-order valence-corrected chi connectivity index (χ4v) is 2.41. The average molecular weight is 370 g/mol. The van der Waals surface area contributed by atoms with Gasteiger partial charge in [0, 0.05) is 5.69 Å². The summed E-state index contributed by atoms with van der Waals surface area (Å²) in [6, 6.07) is 13.9. The van der Waals surface area contributed by atoms with Crippen molar-refractivity contribution >= 4 is 23.5 Å². The van der Waals surface area contributed by atoms with Crippen LogP contribution in [0, 0.1) is 13.8 Å². The van der Waals surface area contributed by atoms with Gasteiger partial charge in [0.2, 0.25) is 5.91 Å². The Morgan fingerprint density at radius 1 is 0.963 bits per heavy atom. The van der Waals surface area contributed by atoms with Crippen LogP contribution in [-0.2, 0) is 19.1 Å². The van der Waals surface area contributed by atoms with Crippen molar-refractivity contribution in [2.75, 3.05) is 18.5 Å². The molecule has 1 atom stereocenters. The van der Waals surface area contributed by atoms with Crippen molar-refractivity contribution in [2.45, 2.75) is 20.0 Å². The number of carbonyl (C=O) groups excluding carboxylic acids is 3. The second-order valence-corrected chi connectivity index (χ2v) is 6.01. The highest BCUT2D eigenvalue weighted by molar-refractivity contribution is 5.96. The maximum Gasteiger partial charge on any atom is 0.340 e. The summed E-state index contributed by atoms with van der Waals surface area (Å²) in [5.74, 6) is -1.96. The summed E-state index contributed by atoms with van der Waals surface area (Å²) in [7, 11) is 0. The first-order valence-corrected chi connectivity index (χ1v) is 8.41. The quantitative estimate of drug-likeness (QED) is 0.643. The van der Waals surface area contributed by atoms with Crippen molar-refractivity contribution in [2.24, 2.45) is 0 Å². The highest BCUT2D eigenvalue weighted by Gasteiger charge is 2.20. The van der Waals surface area contributed by atoms with Crippen molar-refractivity contribution in [3.63, 3.8) is 0 Å². The van der Waals surface area contributed by atoms with Crippen LogP contribution in [0.4, 0.5) is 5.69 Å². The number of aryl methyl sites for hydroxylation is 2. The summed E-state index contributed by atoms with van der Waals surface area (Å²) in [5, 5.41) is 15.0. The summed E-state index contributed by atoms with van der Waals surface area (Å²) in [6.45, 7) is 2.90. The number of ether oxygens (including phenoxy) is 1. The third-order valence-corrected chi connectivity index (χ3v) is 3.88. The molecule has 27 heavy (non-hydrogen) atoms. The van der Waals surface area contributed by atoms with Gasteiger partial charge in [0.1, 0.15) is 0 Å². The number of rotatable bonds is 7. The summed E-state index contributed by atoms with van der Waals surface area (Å²) >= 11 is 0. The minimum Gasteiger partial charge on any atom is -0.453 e. The molecule has 3 N–H and O–H groups in total. The van der Waals surface area contributed by atoms with Crippen LogP contribution in [0.5, 0.6) is 0 Å². The summed E-state index contributed by atoms with van der Waals surface area (Å²) in [5.41, 5.74) is 2.90. The van der Waals surface area contributed by atoms with Crippen LogP contribution in [-0.4, -0.2) is 36.0 Å². The predicted molar refractivity (Wildman–Crippen MR) is 99.9 cm³/mol. The fourth-order valence-electron chi connectivity index (χ4n) is 2.41. The molecule has 0 heterocycles. The Morgan fingerprint density at radius 3 is 2.22 bits per heavy atom. The van der Waals surface area contributed by atoms with E-state index in [9.17, 15) is 19.5 Å². The molecule has 0 radical (unpaired) electrons. The number of aliphatic hydroxyl groups is 1. The maximum atomic E-state index is 12.0. The number of hydrogen-bond donors (Lipinski definition) is 3. The van der Waals surface area contributed by atoms with Gasteiger partial charge in [-0.15, -0.1) is 0 Å². The predicted octanol–water partition coefficient (Wildman–Crippen LogP) is 1.63. The van der Waals surface area contributed by atoms with Crippen molar-refractivity contribution in [1.29, 1.82) is 0 Å². The van der Waals surface area contributed by atoms with Crippen LogP contribution < -0.4 is 10.6 Å². The molecule has 0 spiro atoms. The van der Waals surface area contributed by atoms with Gasteiger partial charge in [-0.25, -0.2) is 4.79 Å². The zero-order chi connectivity index (χ0) is 19.8. The number of aliphatic hydroxyl groups excluding tert-OH is 1. The second-order valence-electron chi connectivity index (χ2n) is 6.01. The molecule has 0 bridgehead atoms. The average Bonchev–Trinajstić information content (AvgIpc) is 2.67. The number of carbonyl (C=O) groups is 3. The zero-order valence-electron chi connectivity index (χ0n) is 15.2. The minimum atomic E-state index is -1.47. The van der Waals surface area contributed by atoms with Crippen molar-refractivity contribution < 1.29 is 24.2 Å². The third-order valence-electron chi connectivity index (χ3n) is 3.88. The Bertz CT molecular complexity index is 800. The van der Waals surface area contributed by atoms with Gasteiger partial charge >= 0.3 is 5.97 Å². The summed E-state index contributed by atoms with van der Waals surface area (Å²) in [4.78, 5) is 35.5. The molecule has 0 aliphatic heterocycles. The molecule has 7 nitrogen and oxygen atoms in total. The second kappa shape index (κ2) is 9.49. The number of para-hydroxylation sites is 1. The number of anilines is 1. The van der Waals surface area contributed by atoms with E-state index in [2.05, 4.69) is 10.6 Å². The number of esters is 1. The molecule has 0 aliphatic rings. The molecule has 2 aromatic carbocycles. The third kappa shape index (κ3) is 5.93.